The van der Waals surface area contributed by atoms with E-state index in [0.717, 1.165) is 5.56 Å². The van der Waals surface area contributed by atoms with Crippen molar-refractivity contribution in [3.05, 3.63) is 82.0 Å². The van der Waals surface area contributed by atoms with Crippen LogP contribution >= 0.6 is 11.6 Å². The number of methoxy groups -OCH3 is 1. The van der Waals surface area contributed by atoms with Crippen molar-refractivity contribution in [3.8, 4) is 11.5 Å². The minimum atomic E-state index is -0.263. The van der Waals surface area contributed by atoms with Crippen LogP contribution in [-0.4, -0.2) is 45.5 Å². The summed E-state index contributed by atoms with van der Waals surface area (Å²) >= 11 is 5.91. The van der Waals surface area contributed by atoms with E-state index in [1.807, 2.05) is 12.1 Å². The third-order valence-electron chi connectivity index (χ3n) is 4.96. The molecule has 0 aliphatic heterocycles. The molecule has 0 aliphatic carbocycles. The molecule has 0 radical (unpaired) electrons. The highest BCUT2D eigenvalue weighted by molar-refractivity contribution is 6.30. The van der Waals surface area contributed by atoms with Gasteiger partial charge in [0.25, 0.3) is 11.5 Å². The first-order valence-electron chi connectivity index (χ1n) is 10.2. The second-order valence-corrected chi connectivity index (χ2v) is 7.66. The number of rotatable bonds is 9. The second-order valence-electron chi connectivity index (χ2n) is 7.22. The van der Waals surface area contributed by atoms with Crippen LogP contribution in [0.5, 0.6) is 11.5 Å². The van der Waals surface area contributed by atoms with E-state index in [1.165, 1.54) is 17.1 Å². The number of nitrogens with zero attached hydrogens (tertiary/aromatic N) is 4. The molecule has 0 unspecified atom stereocenters. The molecular weight excluding hydrogens is 446 g/mol. The summed E-state index contributed by atoms with van der Waals surface area (Å²) in [6, 6.07) is 14.3. The summed E-state index contributed by atoms with van der Waals surface area (Å²) in [6.07, 6.45) is 3.00. The summed E-state index contributed by atoms with van der Waals surface area (Å²) in [5.41, 5.74) is 1.23. The van der Waals surface area contributed by atoms with E-state index >= 15 is 0 Å². The number of aromatic nitrogens is 4. The van der Waals surface area contributed by atoms with Crippen molar-refractivity contribution in [3.63, 3.8) is 0 Å². The number of hydrogen-bond acceptors (Lipinski definition) is 6. The van der Waals surface area contributed by atoms with Gasteiger partial charge in [-0.2, -0.15) is 5.10 Å². The van der Waals surface area contributed by atoms with Gasteiger partial charge in [-0.15, -0.1) is 0 Å². The molecule has 2 aromatic heterocycles. The number of carbonyl (C=O) groups is 1. The Morgan fingerprint density at radius 3 is 2.55 bits per heavy atom. The van der Waals surface area contributed by atoms with E-state index in [1.54, 1.807) is 48.2 Å². The molecular formula is C23H22ClN5O4. The number of hydrogen-bond donors (Lipinski definition) is 1. The van der Waals surface area contributed by atoms with Gasteiger partial charge in [0.15, 0.2) is 12.3 Å². The monoisotopic (exact) mass is 467 g/mol. The van der Waals surface area contributed by atoms with E-state index in [2.05, 4.69) is 15.4 Å². The molecule has 0 spiro atoms. The van der Waals surface area contributed by atoms with Gasteiger partial charge in [-0.25, -0.2) is 9.67 Å². The molecule has 9 nitrogen and oxygen atoms in total. The Kier molecular flexibility index (Phi) is 6.89. The Bertz CT molecular complexity index is 1300. The van der Waals surface area contributed by atoms with Gasteiger partial charge >= 0.3 is 0 Å². The fourth-order valence-electron chi connectivity index (χ4n) is 3.23. The SMILES string of the molecule is COc1ccc(OCC(=O)NCCn2ncc3c(=O)n(Cc4ccc(Cl)cc4)cnc32)cc1. The number of carbonyl (C=O) groups excluding carboxylic acids is 1. The third kappa shape index (κ3) is 5.50. The highest BCUT2D eigenvalue weighted by atomic mass is 35.5. The molecule has 0 saturated heterocycles. The zero-order valence-corrected chi connectivity index (χ0v) is 18.7. The van der Waals surface area contributed by atoms with Crippen molar-refractivity contribution in [1.29, 1.82) is 0 Å². The summed E-state index contributed by atoms with van der Waals surface area (Å²) in [6.45, 7) is 0.955. The van der Waals surface area contributed by atoms with Gasteiger partial charge in [0.2, 0.25) is 0 Å². The normalized spacial score (nSPS) is 10.8. The van der Waals surface area contributed by atoms with Crippen molar-refractivity contribution in [2.45, 2.75) is 13.1 Å². The van der Waals surface area contributed by atoms with Crippen LogP contribution in [0.15, 0.2) is 65.8 Å². The van der Waals surface area contributed by atoms with Gasteiger partial charge in [0, 0.05) is 11.6 Å². The van der Waals surface area contributed by atoms with Crippen LogP contribution in [0.3, 0.4) is 0 Å². The Hall–Kier alpha value is -3.85. The van der Waals surface area contributed by atoms with E-state index < -0.39 is 0 Å². The first-order valence-corrected chi connectivity index (χ1v) is 10.6. The molecule has 0 saturated carbocycles. The van der Waals surface area contributed by atoms with Crippen molar-refractivity contribution < 1.29 is 14.3 Å². The van der Waals surface area contributed by atoms with E-state index in [0.29, 0.717) is 47.2 Å². The average Bonchev–Trinajstić information content (AvgIpc) is 3.25. The lowest BCUT2D eigenvalue weighted by molar-refractivity contribution is -0.123. The van der Waals surface area contributed by atoms with Gasteiger partial charge in [-0.1, -0.05) is 23.7 Å². The molecule has 170 valence electrons. The van der Waals surface area contributed by atoms with Crippen LogP contribution in [-0.2, 0) is 17.9 Å². The highest BCUT2D eigenvalue weighted by Crippen LogP contribution is 2.16. The topological polar surface area (TPSA) is 100 Å². The number of ether oxygens (including phenoxy) is 2. The van der Waals surface area contributed by atoms with Crippen LogP contribution in [0.25, 0.3) is 11.0 Å². The van der Waals surface area contributed by atoms with E-state index in [-0.39, 0.29) is 18.1 Å². The summed E-state index contributed by atoms with van der Waals surface area (Å²) in [5, 5.41) is 8.08. The number of benzene rings is 2. The molecule has 1 amide bonds. The molecule has 0 atom stereocenters. The van der Waals surface area contributed by atoms with Crippen molar-refractivity contribution in [2.24, 2.45) is 0 Å². The first kappa shape index (κ1) is 22.3. The summed E-state index contributed by atoms with van der Waals surface area (Å²) in [7, 11) is 1.58. The number of fused-ring (bicyclic) bond motifs is 1. The minimum absolute atomic E-state index is 0.111. The fourth-order valence-corrected chi connectivity index (χ4v) is 3.36. The molecule has 0 fully saturated rings. The first-order chi connectivity index (χ1) is 16.0. The lowest BCUT2D eigenvalue weighted by Gasteiger charge is -2.09. The zero-order valence-electron chi connectivity index (χ0n) is 17.9. The average molecular weight is 468 g/mol. The zero-order chi connectivity index (χ0) is 23.2. The van der Waals surface area contributed by atoms with Gasteiger partial charge in [0.1, 0.15) is 23.2 Å². The lowest BCUT2D eigenvalue weighted by Crippen LogP contribution is -2.31. The van der Waals surface area contributed by atoms with Crippen LogP contribution in [0.2, 0.25) is 5.02 Å². The molecule has 10 heteroatoms. The number of nitrogens with one attached hydrogen (secondary N) is 1. The Labute approximate surface area is 194 Å². The Balaban J connectivity index is 1.32. The summed E-state index contributed by atoms with van der Waals surface area (Å²) in [5.74, 6) is 1.02. The number of halogens is 1. The van der Waals surface area contributed by atoms with Gasteiger partial charge in [-0.3, -0.25) is 14.2 Å². The van der Waals surface area contributed by atoms with Gasteiger partial charge in [0.05, 0.1) is 26.4 Å². The molecule has 33 heavy (non-hydrogen) atoms. The molecule has 2 aromatic carbocycles. The lowest BCUT2D eigenvalue weighted by atomic mass is 10.2. The summed E-state index contributed by atoms with van der Waals surface area (Å²) < 4.78 is 13.7. The number of amides is 1. The van der Waals surface area contributed by atoms with Crippen LogP contribution in [0.1, 0.15) is 5.56 Å². The maximum Gasteiger partial charge on any atom is 0.264 e. The predicted octanol–water partition coefficient (Wildman–Crippen LogP) is 2.50. The van der Waals surface area contributed by atoms with Gasteiger partial charge < -0.3 is 14.8 Å². The van der Waals surface area contributed by atoms with Crippen molar-refractivity contribution in [2.75, 3.05) is 20.3 Å². The molecule has 2 heterocycles. The molecule has 4 rings (SSSR count). The smallest absolute Gasteiger partial charge is 0.264 e. The van der Waals surface area contributed by atoms with Crippen molar-refractivity contribution >= 4 is 28.5 Å². The molecule has 0 aliphatic rings. The largest absolute Gasteiger partial charge is 0.497 e. The fraction of sp³-hybridized carbons (Fsp3) is 0.217. The van der Waals surface area contributed by atoms with Crippen LogP contribution < -0.4 is 20.3 Å². The quantitative estimate of drug-likeness (QED) is 0.406. The molecule has 4 aromatic rings. The standard InChI is InChI=1S/C23H22ClN5O4/c1-32-18-6-8-19(9-7-18)33-14-21(30)25-10-11-29-22-20(12-27-29)23(31)28(15-26-22)13-16-2-4-17(24)5-3-16/h2-9,12,15H,10-11,13-14H2,1H3,(H,25,30). The molecule has 0 bridgehead atoms. The minimum Gasteiger partial charge on any atom is -0.497 e. The highest BCUT2D eigenvalue weighted by Gasteiger charge is 2.11. The Morgan fingerprint density at radius 2 is 1.82 bits per heavy atom. The van der Waals surface area contributed by atoms with E-state index in [9.17, 15) is 9.59 Å². The second kappa shape index (κ2) is 10.2. The van der Waals surface area contributed by atoms with E-state index in [4.69, 9.17) is 21.1 Å². The molecule has 1 N–H and O–H groups in total. The van der Waals surface area contributed by atoms with Gasteiger partial charge in [-0.05, 0) is 42.0 Å². The van der Waals surface area contributed by atoms with Crippen molar-refractivity contribution in [1.82, 2.24) is 24.6 Å². The third-order valence-corrected chi connectivity index (χ3v) is 5.22. The maximum atomic E-state index is 12.8. The van der Waals surface area contributed by atoms with Crippen LogP contribution in [0, 0.1) is 0 Å². The Morgan fingerprint density at radius 1 is 1.09 bits per heavy atom. The maximum absolute atomic E-state index is 12.8. The van der Waals surface area contributed by atoms with Crippen LogP contribution in [0.4, 0.5) is 0 Å². The summed E-state index contributed by atoms with van der Waals surface area (Å²) in [4.78, 5) is 29.3. The predicted molar refractivity (Wildman–Crippen MR) is 124 cm³/mol.